The molecule has 0 saturated heterocycles. The van der Waals surface area contributed by atoms with E-state index >= 15 is 0 Å². The van der Waals surface area contributed by atoms with Crippen molar-refractivity contribution < 1.29 is 14.8 Å². The van der Waals surface area contributed by atoms with E-state index in [0.717, 1.165) is 44.2 Å². The van der Waals surface area contributed by atoms with Gasteiger partial charge in [-0.05, 0) is 25.3 Å². The van der Waals surface area contributed by atoms with Crippen molar-refractivity contribution in [2.45, 2.75) is 58.8 Å². The molecule has 26 heavy (non-hydrogen) atoms. The van der Waals surface area contributed by atoms with E-state index in [1.165, 1.54) is 6.07 Å². The lowest BCUT2D eigenvalue weighted by Crippen LogP contribution is -2.40. The summed E-state index contributed by atoms with van der Waals surface area (Å²) in [7, 11) is 0. The number of nitrogens with zero attached hydrogens (tertiary/aromatic N) is 1. The van der Waals surface area contributed by atoms with Crippen molar-refractivity contribution in [1.29, 1.82) is 0 Å². The number of nitrogens with one attached hydrogen (secondary N) is 3. The number of rotatable bonds is 13. The number of hydroxylamine groups is 2. The zero-order valence-corrected chi connectivity index (χ0v) is 15.6. The number of pyridine rings is 1. The molecule has 1 aromatic rings. The third kappa shape index (κ3) is 8.15. The van der Waals surface area contributed by atoms with E-state index in [1.54, 1.807) is 6.07 Å². The average molecular weight is 366 g/mol. The van der Waals surface area contributed by atoms with E-state index < -0.39 is 5.92 Å². The summed E-state index contributed by atoms with van der Waals surface area (Å²) >= 11 is 0. The molecule has 0 bridgehead atoms. The first-order chi connectivity index (χ1) is 12.5. The molecule has 0 saturated carbocycles. The molecule has 0 aliphatic rings. The molecule has 0 radical (unpaired) electrons. The largest absolute Gasteiger partial charge is 0.326 e. The maximum atomic E-state index is 12.4. The minimum absolute atomic E-state index is 0.0716. The fourth-order valence-corrected chi connectivity index (χ4v) is 2.63. The van der Waals surface area contributed by atoms with Crippen molar-refractivity contribution in [3.63, 3.8) is 0 Å². The standard InChI is InChI=1S/C18H30N4O4/c1-3-5-7-8-14(12-22(26)13-23)18(25)21-20-16-10-15(9-6-4-2)19-17(24)11-16/h10-11,13-14,26H,3-9,12H2,1-2H3,(H,21,25)(H2,19,20,24)/t14-/m1/s1. The number of hydrogen-bond acceptors (Lipinski definition) is 5. The number of amides is 2. The Morgan fingerprint density at radius 3 is 2.65 bits per heavy atom. The van der Waals surface area contributed by atoms with Crippen LogP contribution in [0.3, 0.4) is 0 Å². The summed E-state index contributed by atoms with van der Waals surface area (Å²) in [6.07, 6.45) is 6.39. The highest BCUT2D eigenvalue weighted by atomic mass is 16.5. The van der Waals surface area contributed by atoms with Gasteiger partial charge in [0.1, 0.15) is 0 Å². The second kappa shape index (κ2) is 12.1. The van der Waals surface area contributed by atoms with Crippen LogP contribution < -0.4 is 16.4 Å². The maximum Gasteiger partial charge on any atom is 0.250 e. The number of H-pyrrole nitrogens is 1. The van der Waals surface area contributed by atoms with Crippen LogP contribution >= 0.6 is 0 Å². The highest BCUT2D eigenvalue weighted by Crippen LogP contribution is 2.12. The van der Waals surface area contributed by atoms with Crippen LogP contribution in [0.1, 0.15) is 58.1 Å². The SMILES string of the molecule is CCCCC[C@H](CN(O)C=O)C(=O)NNc1cc(CCCC)[nH]c(=O)c1. The molecule has 146 valence electrons. The predicted molar refractivity (Wildman–Crippen MR) is 99.6 cm³/mol. The molecule has 1 rings (SSSR count). The Labute approximate surface area is 153 Å². The maximum absolute atomic E-state index is 12.4. The molecule has 8 heteroatoms. The molecule has 1 heterocycles. The molecular formula is C18H30N4O4. The molecule has 0 aliphatic heterocycles. The summed E-state index contributed by atoms with van der Waals surface area (Å²) in [6, 6.07) is 3.15. The van der Waals surface area contributed by atoms with E-state index in [0.29, 0.717) is 17.2 Å². The summed E-state index contributed by atoms with van der Waals surface area (Å²) in [4.78, 5) is 37.5. The summed E-state index contributed by atoms with van der Waals surface area (Å²) in [5.41, 5.74) is 6.39. The van der Waals surface area contributed by atoms with Crippen molar-refractivity contribution in [2.75, 3.05) is 12.0 Å². The molecule has 0 spiro atoms. The number of carbonyl (C=O) groups is 2. The molecule has 0 fully saturated rings. The van der Waals surface area contributed by atoms with Crippen LogP contribution in [0.4, 0.5) is 5.69 Å². The van der Waals surface area contributed by atoms with Gasteiger partial charge in [0.2, 0.25) is 17.9 Å². The molecule has 0 unspecified atom stereocenters. The first kappa shape index (κ1) is 21.7. The molecule has 8 nitrogen and oxygen atoms in total. The Bertz CT molecular complexity index is 617. The number of hydrazine groups is 1. The molecule has 2 amide bonds. The van der Waals surface area contributed by atoms with Gasteiger partial charge >= 0.3 is 0 Å². The number of unbranched alkanes of at least 4 members (excludes halogenated alkanes) is 3. The van der Waals surface area contributed by atoms with Gasteiger partial charge in [-0.25, -0.2) is 5.06 Å². The fraction of sp³-hybridized carbons (Fsp3) is 0.611. The van der Waals surface area contributed by atoms with Crippen LogP contribution in [0, 0.1) is 5.92 Å². The van der Waals surface area contributed by atoms with Gasteiger partial charge in [0.15, 0.2) is 0 Å². The summed E-state index contributed by atoms with van der Waals surface area (Å²) < 4.78 is 0. The Hall–Kier alpha value is -2.35. The number of anilines is 1. The third-order valence-corrected chi connectivity index (χ3v) is 4.09. The molecular weight excluding hydrogens is 336 g/mol. The van der Waals surface area contributed by atoms with Crippen LogP contribution in [0.15, 0.2) is 16.9 Å². The summed E-state index contributed by atoms with van der Waals surface area (Å²) in [6.45, 7) is 4.06. The van der Waals surface area contributed by atoms with Crippen LogP contribution in [-0.4, -0.2) is 34.1 Å². The van der Waals surface area contributed by atoms with Gasteiger partial charge < -0.3 is 4.98 Å². The Morgan fingerprint density at radius 1 is 1.27 bits per heavy atom. The minimum atomic E-state index is -0.536. The van der Waals surface area contributed by atoms with Crippen molar-refractivity contribution in [3.05, 3.63) is 28.2 Å². The van der Waals surface area contributed by atoms with E-state index in [1.807, 2.05) is 0 Å². The third-order valence-electron chi connectivity index (χ3n) is 4.09. The zero-order chi connectivity index (χ0) is 19.4. The molecule has 4 N–H and O–H groups in total. The summed E-state index contributed by atoms with van der Waals surface area (Å²) in [5.74, 6) is -0.872. The van der Waals surface area contributed by atoms with E-state index in [4.69, 9.17) is 0 Å². The smallest absolute Gasteiger partial charge is 0.250 e. The van der Waals surface area contributed by atoms with Crippen molar-refractivity contribution in [2.24, 2.45) is 5.92 Å². The lowest BCUT2D eigenvalue weighted by Gasteiger charge is -2.20. The highest BCUT2D eigenvalue weighted by molar-refractivity contribution is 5.80. The molecule has 1 aromatic heterocycles. The topological polar surface area (TPSA) is 115 Å². The van der Waals surface area contributed by atoms with Crippen LogP contribution in [0.2, 0.25) is 0 Å². The van der Waals surface area contributed by atoms with Gasteiger partial charge in [-0.3, -0.25) is 30.4 Å². The Kier molecular flexibility index (Phi) is 10.1. The van der Waals surface area contributed by atoms with Crippen LogP contribution in [0.25, 0.3) is 0 Å². The first-order valence-electron chi connectivity index (χ1n) is 9.20. The monoisotopic (exact) mass is 366 g/mol. The summed E-state index contributed by atoms with van der Waals surface area (Å²) in [5, 5.41) is 9.87. The number of aryl methyl sites for hydroxylation is 1. The van der Waals surface area contributed by atoms with Crippen LogP contribution in [0.5, 0.6) is 0 Å². The van der Waals surface area contributed by atoms with Gasteiger partial charge in [-0.1, -0.05) is 39.5 Å². The molecule has 0 aromatic carbocycles. The van der Waals surface area contributed by atoms with Gasteiger partial charge in [0, 0.05) is 11.8 Å². The highest BCUT2D eigenvalue weighted by Gasteiger charge is 2.20. The van der Waals surface area contributed by atoms with Gasteiger partial charge in [-0.15, -0.1) is 0 Å². The van der Waals surface area contributed by atoms with E-state index in [-0.39, 0.29) is 24.4 Å². The van der Waals surface area contributed by atoms with Crippen molar-refractivity contribution in [3.8, 4) is 0 Å². The lowest BCUT2D eigenvalue weighted by atomic mass is 10.0. The Morgan fingerprint density at radius 2 is 2.00 bits per heavy atom. The zero-order valence-electron chi connectivity index (χ0n) is 15.6. The van der Waals surface area contributed by atoms with Crippen molar-refractivity contribution in [1.82, 2.24) is 15.5 Å². The molecule has 1 atom stereocenters. The predicted octanol–water partition coefficient (Wildman–Crippen LogP) is 2.20. The van der Waals surface area contributed by atoms with Gasteiger partial charge in [-0.2, -0.15) is 0 Å². The quantitative estimate of drug-likeness (QED) is 0.185. The number of aromatic amines is 1. The fourth-order valence-electron chi connectivity index (χ4n) is 2.63. The molecule has 0 aliphatic carbocycles. The van der Waals surface area contributed by atoms with Gasteiger partial charge in [0.25, 0.3) is 0 Å². The second-order valence-electron chi connectivity index (χ2n) is 6.40. The average Bonchev–Trinajstić information content (AvgIpc) is 2.63. The second-order valence-corrected chi connectivity index (χ2v) is 6.40. The number of hydrogen-bond donors (Lipinski definition) is 4. The minimum Gasteiger partial charge on any atom is -0.326 e. The van der Waals surface area contributed by atoms with Crippen molar-refractivity contribution >= 4 is 18.0 Å². The normalized spacial score (nSPS) is 11.7. The van der Waals surface area contributed by atoms with E-state index in [9.17, 15) is 19.6 Å². The first-order valence-corrected chi connectivity index (χ1v) is 9.20. The number of aromatic nitrogens is 1. The number of carbonyl (C=O) groups excluding carboxylic acids is 2. The Balaban J connectivity index is 2.68. The van der Waals surface area contributed by atoms with Gasteiger partial charge in [0.05, 0.1) is 18.2 Å². The lowest BCUT2D eigenvalue weighted by molar-refractivity contribution is -0.154. The van der Waals surface area contributed by atoms with E-state index in [2.05, 4.69) is 29.7 Å². The van der Waals surface area contributed by atoms with Crippen LogP contribution in [-0.2, 0) is 16.0 Å².